The Morgan fingerprint density at radius 2 is 2.00 bits per heavy atom. The number of sulfonamides is 1. The lowest BCUT2D eigenvalue weighted by Crippen LogP contribution is -2.26. The highest BCUT2D eigenvalue weighted by molar-refractivity contribution is 7.89. The van der Waals surface area contributed by atoms with E-state index in [-0.39, 0.29) is 23.9 Å². The van der Waals surface area contributed by atoms with Gasteiger partial charge in [0, 0.05) is 19.0 Å². The number of hydrogen-bond acceptors (Lipinski definition) is 3. The van der Waals surface area contributed by atoms with E-state index in [0.29, 0.717) is 12.0 Å². The lowest BCUT2D eigenvalue weighted by Gasteiger charge is -2.12. The first kappa shape index (κ1) is 17.9. The first-order chi connectivity index (χ1) is 9.65. The molecule has 0 aliphatic carbocycles. The Morgan fingerprint density at radius 1 is 1.33 bits per heavy atom. The van der Waals surface area contributed by atoms with Gasteiger partial charge in [-0.15, -0.1) is 0 Å². The summed E-state index contributed by atoms with van der Waals surface area (Å²) >= 11 is 0. The number of nitrogens with two attached hydrogens (primary N) is 1. The van der Waals surface area contributed by atoms with Crippen LogP contribution < -0.4 is 10.5 Å². The highest BCUT2D eigenvalue weighted by Gasteiger charge is 2.26. The number of benzene rings is 1. The molecular weight excluding hydrogens is 305 g/mol. The van der Waals surface area contributed by atoms with Gasteiger partial charge in [-0.3, -0.25) is 0 Å². The quantitative estimate of drug-likeness (QED) is 0.758. The molecule has 0 fully saturated rings. The maximum atomic E-state index is 12.0. The first-order valence-corrected chi connectivity index (χ1v) is 8.06. The Morgan fingerprint density at radius 3 is 2.57 bits per heavy atom. The van der Waals surface area contributed by atoms with Gasteiger partial charge in [-0.25, -0.2) is 13.1 Å². The number of halogens is 3. The van der Waals surface area contributed by atoms with Crippen LogP contribution in [0, 0.1) is 0 Å². The Bertz CT molecular complexity index is 559. The van der Waals surface area contributed by atoms with E-state index in [1.165, 1.54) is 12.1 Å². The topological polar surface area (TPSA) is 72.2 Å². The number of alkyl halides is 3. The minimum absolute atomic E-state index is 0.0101. The maximum absolute atomic E-state index is 12.0. The lowest BCUT2D eigenvalue weighted by atomic mass is 10.1. The molecule has 1 unspecified atom stereocenters. The van der Waals surface area contributed by atoms with Gasteiger partial charge in [0.1, 0.15) is 0 Å². The first-order valence-electron chi connectivity index (χ1n) is 6.57. The van der Waals surface area contributed by atoms with E-state index in [2.05, 4.69) is 4.72 Å². The van der Waals surface area contributed by atoms with Crippen LogP contribution in [-0.4, -0.2) is 21.1 Å². The predicted octanol–water partition coefficient (Wildman–Crippen LogP) is 2.72. The smallest absolute Gasteiger partial charge is 0.324 e. The van der Waals surface area contributed by atoms with Gasteiger partial charge in [0.15, 0.2) is 0 Å². The SMILES string of the molecule is CCC(N)c1cccc(S(=O)(=O)NCCCC(F)(F)F)c1. The molecule has 0 bridgehead atoms. The van der Waals surface area contributed by atoms with E-state index in [4.69, 9.17) is 5.73 Å². The molecule has 1 atom stereocenters. The molecule has 21 heavy (non-hydrogen) atoms. The van der Waals surface area contributed by atoms with Crippen molar-refractivity contribution in [3.05, 3.63) is 29.8 Å². The van der Waals surface area contributed by atoms with Crippen molar-refractivity contribution >= 4 is 10.0 Å². The zero-order valence-corrected chi connectivity index (χ0v) is 12.5. The molecule has 1 aromatic carbocycles. The Labute approximate surface area is 122 Å². The van der Waals surface area contributed by atoms with Crippen molar-refractivity contribution in [1.82, 2.24) is 4.72 Å². The van der Waals surface area contributed by atoms with Gasteiger partial charge >= 0.3 is 6.18 Å². The molecule has 8 heteroatoms. The fourth-order valence-electron chi connectivity index (χ4n) is 1.73. The zero-order chi connectivity index (χ0) is 16.1. The third kappa shape index (κ3) is 6.03. The van der Waals surface area contributed by atoms with E-state index in [0.717, 1.165) is 0 Å². The van der Waals surface area contributed by atoms with Crippen molar-refractivity contribution in [3.8, 4) is 0 Å². The van der Waals surface area contributed by atoms with E-state index >= 15 is 0 Å². The van der Waals surface area contributed by atoms with Crippen LogP contribution in [0.25, 0.3) is 0 Å². The predicted molar refractivity (Wildman–Crippen MR) is 74.1 cm³/mol. The summed E-state index contributed by atoms with van der Waals surface area (Å²) in [4.78, 5) is 0.0101. The molecule has 0 spiro atoms. The van der Waals surface area contributed by atoms with Crippen molar-refractivity contribution in [2.24, 2.45) is 5.73 Å². The van der Waals surface area contributed by atoms with E-state index in [1.807, 2.05) is 6.92 Å². The second-order valence-electron chi connectivity index (χ2n) is 4.70. The second kappa shape index (κ2) is 7.24. The Kier molecular flexibility index (Phi) is 6.18. The van der Waals surface area contributed by atoms with Crippen molar-refractivity contribution < 1.29 is 21.6 Å². The second-order valence-corrected chi connectivity index (χ2v) is 6.47. The van der Waals surface area contributed by atoms with Crippen LogP contribution in [0.2, 0.25) is 0 Å². The van der Waals surface area contributed by atoms with Crippen molar-refractivity contribution in [2.75, 3.05) is 6.54 Å². The molecule has 1 aromatic rings. The van der Waals surface area contributed by atoms with E-state index in [9.17, 15) is 21.6 Å². The molecule has 0 saturated heterocycles. The summed E-state index contributed by atoms with van der Waals surface area (Å²) < 4.78 is 62.1. The third-order valence-corrected chi connectivity index (χ3v) is 4.42. The fourth-order valence-corrected chi connectivity index (χ4v) is 2.86. The summed E-state index contributed by atoms with van der Waals surface area (Å²) in [5.74, 6) is 0. The van der Waals surface area contributed by atoms with Gasteiger partial charge in [0.25, 0.3) is 0 Å². The number of rotatable bonds is 7. The van der Waals surface area contributed by atoms with E-state index in [1.54, 1.807) is 12.1 Å². The number of hydrogen-bond donors (Lipinski definition) is 2. The maximum Gasteiger partial charge on any atom is 0.389 e. The molecule has 1 rings (SSSR count). The van der Waals surface area contributed by atoms with Crippen LogP contribution in [0.4, 0.5) is 13.2 Å². The molecule has 0 aliphatic heterocycles. The molecule has 3 N–H and O–H groups in total. The van der Waals surface area contributed by atoms with Crippen LogP contribution in [0.1, 0.15) is 37.8 Å². The molecule has 0 aliphatic rings. The monoisotopic (exact) mass is 324 g/mol. The molecule has 120 valence electrons. The van der Waals surface area contributed by atoms with E-state index < -0.39 is 22.6 Å². The summed E-state index contributed by atoms with van der Waals surface area (Å²) in [7, 11) is -3.82. The molecular formula is C13H19F3N2O2S. The highest BCUT2D eigenvalue weighted by atomic mass is 32.2. The van der Waals surface area contributed by atoms with Crippen molar-refractivity contribution in [2.45, 2.75) is 43.3 Å². The summed E-state index contributed by atoms with van der Waals surface area (Å²) in [5.41, 5.74) is 6.51. The Hall–Kier alpha value is -1.12. The average Bonchev–Trinajstić information content (AvgIpc) is 2.42. The van der Waals surface area contributed by atoms with Gasteiger partial charge in [0.05, 0.1) is 4.90 Å². The van der Waals surface area contributed by atoms with Gasteiger partial charge in [0.2, 0.25) is 10.0 Å². The average molecular weight is 324 g/mol. The van der Waals surface area contributed by atoms with Crippen LogP contribution >= 0.6 is 0 Å². The summed E-state index contributed by atoms with van der Waals surface area (Å²) in [6.45, 7) is 1.62. The molecule has 0 radical (unpaired) electrons. The highest BCUT2D eigenvalue weighted by Crippen LogP contribution is 2.21. The normalized spacial score (nSPS) is 14.1. The van der Waals surface area contributed by atoms with Crippen molar-refractivity contribution in [1.29, 1.82) is 0 Å². The third-order valence-electron chi connectivity index (χ3n) is 2.97. The standard InChI is InChI=1S/C13H19F3N2O2S/c1-2-12(17)10-5-3-6-11(9-10)21(19,20)18-8-4-7-13(14,15)16/h3,5-6,9,12,18H,2,4,7-8,17H2,1H3. The molecule has 0 saturated carbocycles. The van der Waals surface area contributed by atoms with Crippen LogP contribution in [0.15, 0.2) is 29.2 Å². The summed E-state index contributed by atoms with van der Waals surface area (Å²) in [6.07, 6.45) is -4.94. The fraction of sp³-hybridized carbons (Fsp3) is 0.538. The Balaban J connectivity index is 2.70. The van der Waals surface area contributed by atoms with Crippen molar-refractivity contribution in [3.63, 3.8) is 0 Å². The number of nitrogens with one attached hydrogen (secondary N) is 1. The summed E-state index contributed by atoms with van der Waals surface area (Å²) in [6, 6.07) is 5.84. The van der Waals surface area contributed by atoms with Gasteiger partial charge in [-0.2, -0.15) is 13.2 Å². The van der Waals surface area contributed by atoms with Gasteiger partial charge in [-0.1, -0.05) is 19.1 Å². The van der Waals surface area contributed by atoms with Crippen LogP contribution in [-0.2, 0) is 10.0 Å². The van der Waals surface area contributed by atoms with Crippen LogP contribution in [0.3, 0.4) is 0 Å². The van der Waals surface area contributed by atoms with Crippen LogP contribution in [0.5, 0.6) is 0 Å². The molecule has 0 heterocycles. The van der Waals surface area contributed by atoms with Gasteiger partial charge in [-0.05, 0) is 30.5 Å². The molecule has 0 amide bonds. The van der Waals surface area contributed by atoms with Gasteiger partial charge < -0.3 is 5.73 Å². The minimum Gasteiger partial charge on any atom is -0.324 e. The lowest BCUT2D eigenvalue weighted by molar-refractivity contribution is -0.135. The molecule has 0 aromatic heterocycles. The largest absolute Gasteiger partial charge is 0.389 e. The molecule has 4 nitrogen and oxygen atoms in total. The summed E-state index contributed by atoms with van der Waals surface area (Å²) in [5, 5.41) is 0. The minimum atomic E-state index is -4.28. The zero-order valence-electron chi connectivity index (χ0n) is 11.7.